The monoisotopic (exact) mass is 823 g/mol. The Bertz CT molecular complexity index is 3690. The first-order valence-corrected chi connectivity index (χ1v) is 23.3. The van der Waals surface area contributed by atoms with Crippen molar-refractivity contribution in [2.45, 2.75) is 0 Å². The average Bonchev–Trinajstić information content (AvgIpc) is 3.99. The van der Waals surface area contributed by atoms with Crippen LogP contribution in [-0.2, 0) is 0 Å². The number of fused-ring (bicyclic) bond motifs is 12. The lowest BCUT2D eigenvalue weighted by Gasteiger charge is -2.44. The maximum absolute atomic E-state index is 6.86. The van der Waals surface area contributed by atoms with Crippen LogP contribution in [0.3, 0.4) is 0 Å². The molecule has 1 aliphatic heterocycles. The number of imidazole rings is 1. The van der Waals surface area contributed by atoms with Gasteiger partial charge in [0.15, 0.2) is 8.07 Å². The van der Waals surface area contributed by atoms with Crippen molar-refractivity contribution in [3.05, 3.63) is 225 Å². The molecule has 296 valence electrons. The van der Waals surface area contributed by atoms with E-state index in [1.807, 2.05) is 24.7 Å². The van der Waals surface area contributed by atoms with Crippen LogP contribution in [0.25, 0.3) is 54.8 Å². The molecule has 0 atom stereocenters. The van der Waals surface area contributed by atoms with Gasteiger partial charge in [0, 0.05) is 51.9 Å². The maximum atomic E-state index is 6.86. The van der Waals surface area contributed by atoms with Gasteiger partial charge in [0.2, 0.25) is 0 Å². The molecule has 6 nitrogen and oxygen atoms in total. The summed E-state index contributed by atoms with van der Waals surface area (Å²) in [5, 5.41) is 10.9. The summed E-state index contributed by atoms with van der Waals surface area (Å²) >= 11 is 0. The highest BCUT2D eigenvalue weighted by molar-refractivity contribution is 7.21. The number of para-hydroxylation sites is 3. The molecule has 63 heavy (non-hydrogen) atoms. The Morgan fingerprint density at radius 2 is 1.08 bits per heavy atom. The Kier molecular flexibility index (Phi) is 7.82. The zero-order chi connectivity index (χ0) is 41.5. The van der Waals surface area contributed by atoms with Crippen molar-refractivity contribution in [3.63, 3.8) is 0 Å². The van der Waals surface area contributed by atoms with Crippen molar-refractivity contribution in [1.82, 2.24) is 18.9 Å². The highest BCUT2D eigenvalue weighted by atomic mass is 28.3. The molecule has 13 rings (SSSR count). The number of anilines is 3. The Balaban J connectivity index is 1.09. The van der Waals surface area contributed by atoms with Crippen LogP contribution < -0.4 is 30.4 Å². The van der Waals surface area contributed by atoms with Gasteiger partial charge in [-0.25, -0.2) is 9.97 Å². The van der Waals surface area contributed by atoms with Crippen molar-refractivity contribution >= 4 is 95.1 Å². The van der Waals surface area contributed by atoms with Gasteiger partial charge in [0.1, 0.15) is 23.0 Å². The molecule has 5 heterocycles. The molecule has 0 aliphatic carbocycles. The SMILES string of the molecule is c1ccc(-n2c3ccccc3c3ccc4c(c32)N(c2cccc(Oc3ccc5c6ccccc6n6ccnc6c5c3)c2)c2ncccc2[Si]4(c2ccccc2)c2ccccc2)cc1. The molecule has 0 saturated carbocycles. The van der Waals surface area contributed by atoms with Crippen LogP contribution in [0.1, 0.15) is 0 Å². The van der Waals surface area contributed by atoms with Crippen molar-refractivity contribution in [3.8, 4) is 17.2 Å². The van der Waals surface area contributed by atoms with E-state index in [0.29, 0.717) is 0 Å². The van der Waals surface area contributed by atoms with Gasteiger partial charge in [-0.05, 0) is 86.8 Å². The smallest absolute Gasteiger partial charge is 0.186 e. The largest absolute Gasteiger partial charge is 0.457 e. The van der Waals surface area contributed by atoms with Crippen LogP contribution in [0.2, 0.25) is 0 Å². The normalized spacial score (nSPS) is 13.2. The average molecular weight is 824 g/mol. The fourth-order valence-electron chi connectivity index (χ4n) is 10.4. The number of hydrogen-bond donors (Lipinski definition) is 0. The van der Waals surface area contributed by atoms with Gasteiger partial charge in [-0.2, -0.15) is 0 Å². The molecular formula is C56H37N5OSi. The molecule has 0 amide bonds. The molecule has 0 fully saturated rings. The zero-order valence-electron chi connectivity index (χ0n) is 34.0. The van der Waals surface area contributed by atoms with Crippen LogP contribution in [0, 0.1) is 0 Å². The third-order valence-corrected chi connectivity index (χ3v) is 17.7. The number of rotatable bonds is 6. The van der Waals surface area contributed by atoms with E-state index in [1.54, 1.807) is 0 Å². The molecule has 0 radical (unpaired) electrons. The summed E-state index contributed by atoms with van der Waals surface area (Å²) in [6.07, 6.45) is 5.83. The highest BCUT2D eigenvalue weighted by Crippen LogP contribution is 2.46. The summed E-state index contributed by atoms with van der Waals surface area (Å²) in [4.78, 5) is 12.6. The summed E-state index contributed by atoms with van der Waals surface area (Å²) in [5.74, 6) is 2.38. The highest BCUT2D eigenvalue weighted by Gasteiger charge is 2.50. The lowest BCUT2D eigenvalue weighted by molar-refractivity contribution is 0.483. The Morgan fingerprint density at radius 1 is 0.429 bits per heavy atom. The first kappa shape index (κ1) is 35.5. The molecule has 7 heteroatoms. The quantitative estimate of drug-likeness (QED) is 0.124. The van der Waals surface area contributed by atoms with E-state index >= 15 is 0 Å². The molecule has 12 aromatic rings. The summed E-state index contributed by atoms with van der Waals surface area (Å²) in [6.45, 7) is 0. The number of pyridine rings is 2. The number of hydrogen-bond acceptors (Lipinski definition) is 4. The van der Waals surface area contributed by atoms with E-state index < -0.39 is 8.07 Å². The standard InChI is InChI=1S/C56H37N5OSi/c1-4-16-38(17-5-1)60-50-27-13-11-25-46(50)47-31-32-51-54(53(47)60)61(56-52(28-15-33-57-56)63(51,42-20-6-2-7-21-42)43-22-8-3-9-23-43)39-18-14-19-40(36-39)62-41-29-30-44-45-24-10-12-26-49(45)59-35-34-58-55(59)48(44)37-41/h1-37H. The number of benzene rings is 8. The van der Waals surface area contributed by atoms with E-state index in [0.717, 1.165) is 67.3 Å². The van der Waals surface area contributed by atoms with E-state index in [9.17, 15) is 0 Å². The Morgan fingerprint density at radius 3 is 1.86 bits per heavy atom. The summed E-state index contributed by atoms with van der Waals surface area (Å²) in [7, 11) is -3.03. The van der Waals surface area contributed by atoms with Crippen molar-refractivity contribution in [2.75, 3.05) is 4.90 Å². The molecule has 0 spiro atoms. The van der Waals surface area contributed by atoms with Crippen LogP contribution in [0.15, 0.2) is 225 Å². The number of ether oxygens (including phenoxy) is 1. The minimum absolute atomic E-state index is 0.724. The first-order valence-electron chi connectivity index (χ1n) is 21.3. The summed E-state index contributed by atoms with van der Waals surface area (Å²) < 4.78 is 11.5. The fraction of sp³-hybridized carbons (Fsp3) is 0. The topological polar surface area (TPSA) is 47.6 Å². The second-order valence-corrected chi connectivity index (χ2v) is 19.9. The summed E-state index contributed by atoms with van der Waals surface area (Å²) in [5.41, 5.74) is 7.49. The van der Waals surface area contributed by atoms with Crippen molar-refractivity contribution in [1.29, 1.82) is 0 Å². The minimum Gasteiger partial charge on any atom is -0.457 e. The second-order valence-electron chi connectivity index (χ2n) is 16.2. The van der Waals surface area contributed by atoms with Crippen molar-refractivity contribution < 1.29 is 4.74 Å². The lowest BCUT2D eigenvalue weighted by Crippen LogP contribution is -2.77. The fourth-order valence-corrected chi connectivity index (χ4v) is 15.4. The molecule has 8 aromatic carbocycles. The predicted octanol–water partition coefficient (Wildman–Crippen LogP) is 11.1. The molecule has 0 saturated heterocycles. The van der Waals surface area contributed by atoms with E-state index in [-0.39, 0.29) is 0 Å². The number of nitrogens with zero attached hydrogens (tertiary/aromatic N) is 5. The Labute approximate surface area is 364 Å². The van der Waals surface area contributed by atoms with Gasteiger partial charge in [-0.15, -0.1) is 0 Å². The minimum atomic E-state index is -3.03. The maximum Gasteiger partial charge on any atom is 0.186 e. The van der Waals surface area contributed by atoms with Gasteiger partial charge in [-0.1, -0.05) is 140 Å². The van der Waals surface area contributed by atoms with E-state index in [1.165, 1.54) is 36.9 Å². The summed E-state index contributed by atoms with van der Waals surface area (Å²) in [6, 6.07) is 74.3. The van der Waals surface area contributed by atoms with E-state index in [4.69, 9.17) is 14.7 Å². The van der Waals surface area contributed by atoms with Crippen LogP contribution in [-0.4, -0.2) is 27.0 Å². The first-order chi connectivity index (χ1) is 31.3. The molecule has 4 aromatic heterocycles. The molecule has 0 N–H and O–H groups in total. The van der Waals surface area contributed by atoms with Crippen LogP contribution in [0.4, 0.5) is 17.2 Å². The van der Waals surface area contributed by atoms with Gasteiger partial charge < -0.3 is 9.30 Å². The Hall–Kier alpha value is -8.26. The molecule has 0 bridgehead atoms. The van der Waals surface area contributed by atoms with Gasteiger partial charge in [-0.3, -0.25) is 9.30 Å². The van der Waals surface area contributed by atoms with E-state index in [2.05, 4.69) is 214 Å². The van der Waals surface area contributed by atoms with Gasteiger partial charge >= 0.3 is 0 Å². The van der Waals surface area contributed by atoms with Gasteiger partial charge in [0.05, 0.1) is 27.9 Å². The molecular weight excluding hydrogens is 787 g/mol. The third kappa shape index (κ3) is 5.17. The predicted molar refractivity (Wildman–Crippen MR) is 261 cm³/mol. The number of aromatic nitrogens is 4. The van der Waals surface area contributed by atoms with Crippen molar-refractivity contribution in [2.24, 2.45) is 0 Å². The van der Waals surface area contributed by atoms with Crippen LogP contribution >= 0.6 is 0 Å². The molecule has 0 unspecified atom stereocenters. The lowest BCUT2D eigenvalue weighted by atomic mass is 10.1. The zero-order valence-corrected chi connectivity index (χ0v) is 35.0. The van der Waals surface area contributed by atoms with Gasteiger partial charge in [0.25, 0.3) is 0 Å². The molecule has 1 aliphatic rings. The second kappa shape index (κ2) is 13.9. The van der Waals surface area contributed by atoms with Crippen LogP contribution in [0.5, 0.6) is 11.5 Å². The third-order valence-electron chi connectivity index (χ3n) is 12.9.